The fraction of sp³-hybridized carbons (Fsp3) is 0.143. The van der Waals surface area contributed by atoms with Crippen LogP contribution < -0.4 is 19.8 Å². The lowest BCUT2D eigenvalue weighted by atomic mass is 9.82. The van der Waals surface area contributed by atoms with E-state index in [0.717, 1.165) is 15.8 Å². The van der Waals surface area contributed by atoms with Gasteiger partial charge in [0.25, 0.3) is 5.91 Å². The van der Waals surface area contributed by atoms with Crippen molar-refractivity contribution in [1.82, 2.24) is 4.98 Å². The number of amides is 3. The first kappa shape index (κ1) is 25.6. The van der Waals surface area contributed by atoms with Crippen molar-refractivity contribution in [3.05, 3.63) is 103 Å². The van der Waals surface area contributed by atoms with E-state index in [-0.39, 0.29) is 29.2 Å². The molecule has 0 spiro atoms. The number of ether oxygens (including phenoxy) is 1. The number of thiazole rings is 1. The van der Waals surface area contributed by atoms with Crippen LogP contribution in [0, 0.1) is 5.92 Å². The predicted octanol–water partition coefficient (Wildman–Crippen LogP) is 5.01. The minimum Gasteiger partial charge on any atom is -0.483 e. The zero-order valence-electron chi connectivity index (χ0n) is 20.1. The zero-order chi connectivity index (χ0) is 27.1. The molecule has 0 radical (unpaired) electrons. The van der Waals surface area contributed by atoms with Crippen LogP contribution in [-0.4, -0.2) is 34.6 Å². The molecule has 2 N–H and O–H groups in total. The van der Waals surface area contributed by atoms with Gasteiger partial charge >= 0.3 is 4.87 Å². The summed E-state index contributed by atoms with van der Waals surface area (Å²) in [6.45, 7) is -0.266. The van der Waals surface area contributed by atoms with Crippen molar-refractivity contribution in [2.45, 2.75) is 16.2 Å². The molecule has 39 heavy (non-hydrogen) atoms. The Balaban J connectivity index is 1.38. The van der Waals surface area contributed by atoms with Gasteiger partial charge in [0.15, 0.2) is 6.61 Å². The second-order valence-electron chi connectivity index (χ2n) is 8.98. The van der Waals surface area contributed by atoms with Crippen LogP contribution in [0.3, 0.4) is 0 Å². The lowest BCUT2D eigenvalue weighted by Gasteiger charge is -2.31. The molecule has 1 saturated heterocycles. The van der Waals surface area contributed by atoms with Gasteiger partial charge in [-0.15, -0.1) is 0 Å². The van der Waals surface area contributed by atoms with Crippen molar-refractivity contribution >= 4 is 68.1 Å². The van der Waals surface area contributed by atoms with Crippen LogP contribution >= 0.6 is 39.0 Å². The Morgan fingerprint density at radius 3 is 2.44 bits per heavy atom. The molecule has 3 aromatic carbocycles. The fourth-order valence-electron chi connectivity index (χ4n) is 4.94. The molecular formula is C28H20BrN3O5S2. The van der Waals surface area contributed by atoms with E-state index in [1.807, 2.05) is 30.3 Å². The molecule has 0 saturated carbocycles. The smallest absolute Gasteiger partial charge is 0.305 e. The van der Waals surface area contributed by atoms with E-state index in [2.05, 4.69) is 26.2 Å². The molecular weight excluding hydrogens is 602 g/mol. The Bertz CT molecular complexity index is 1640. The van der Waals surface area contributed by atoms with Crippen LogP contribution in [-0.2, 0) is 14.4 Å². The van der Waals surface area contributed by atoms with Gasteiger partial charge in [0, 0.05) is 26.5 Å². The van der Waals surface area contributed by atoms with Gasteiger partial charge in [0.05, 0.1) is 16.6 Å². The summed E-state index contributed by atoms with van der Waals surface area (Å²) < 4.78 is 6.72. The Hall–Kier alpha value is -3.67. The number of carbonyl (C=O) groups is 3. The van der Waals surface area contributed by atoms with Gasteiger partial charge in [0.2, 0.25) is 11.8 Å². The van der Waals surface area contributed by atoms with E-state index in [1.54, 1.807) is 48.5 Å². The number of hydrogen-bond donors (Lipinski definition) is 2. The highest BCUT2D eigenvalue weighted by Gasteiger charge is 2.56. The van der Waals surface area contributed by atoms with E-state index < -0.39 is 17.1 Å². The molecule has 2 aliphatic heterocycles. The molecule has 3 atom stereocenters. The van der Waals surface area contributed by atoms with Gasteiger partial charge in [-0.25, -0.2) is 4.90 Å². The number of halogens is 1. The minimum absolute atomic E-state index is 0.266. The van der Waals surface area contributed by atoms with Crippen molar-refractivity contribution in [1.29, 1.82) is 0 Å². The summed E-state index contributed by atoms with van der Waals surface area (Å²) in [7, 11) is 0. The number of aromatic nitrogens is 1. The number of anilines is 2. The highest BCUT2D eigenvalue weighted by molar-refractivity contribution is 9.10. The van der Waals surface area contributed by atoms with Crippen LogP contribution in [0.5, 0.6) is 5.75 Å². The summed E-state index contributed by atoms with van der Waals surface area (Å²) in [5.41, 5.74) is 1.76. The third-order valence-electron chi connectivity index (χ3n) is 6.56. The summed E-state index contributed by atoms with van der Waals surface area (Å²) in [5, 5.41) is 2.63. The average Bonchev–Trinajstić information content (AvgIpc) is 3.43. The maximum atomic E-state index is 13.9. The lowest BCUT2D eigenvalue weighted by molar-refractivity contribution is -0.122. The average molecular weight is 623 g/mol. The number of thioether (sulfide) groups is 1. The number of benzene rings is 3. The van der Waals surface area contributed by atoms with Gasteiger partial charge in [0.1, 0.15) is 11.0 Å². The maximum Gasteiger partial charge on any atom is 0.305 e. The van der Waals surface area contributed by atoms with E-state index >= 15 is 0 Å². The van der Waals surface area contributed by atoms with Gasteiger partial charge in [-0.05, 0) is 42.5 Å². The molecule has 6 rings (SSSR count). The van der Waals surface area contributed by atoms with Crippen molar-refractivity contribution in [3.63, 3.8) is 0 Å². The monoisotopic (exact) mass is 621 g/mol. The van der Waals surface area contributed by atoms with Crippen LogP contribution in [0.15, 0.2) is 93.2 Å². The topological polar surface area (TPSA) is 109 Å². The summed E-state index contributed by atoms with van der Waals surface area (Å²) in [4.78, 5) is 57.0. The first-order valence-electron chi connectivity index (χ1n) is 12.0. The second-order valence-corrected chi connectivity index (χ2v) is 12.1. The van der Waals surface area contributed by atoms with Crippen molar-refractivity contribution < 1.29 is 19.1 Å². The number of rotatable bonds is 6. The number of imide groups is 1. The van der Waals surface area contributed by atoms with Gasteiger partial charge in [-0.2, -0.15) is 0 Å². The molecule has 196 valence electrons. The van der Waals surface area contributed by atoms with Gasteiger partial charge in [-0.1, -0.05) is 75.4 Å². The minimum atomic E-state index is -0.767. The molecule has 4 aromatic rings. The zero-order valence-corrected chi connectivity index (χ0v) is 23.3. The number of nitrogens with one attached hydrogen (secondary N) is 2. The number of aromatic amines is 1. The van der Waals surface area contributed by atoms with Gasteiger partial charge in [-0.3, -0.25) is 19.2 Å². The standard InChI is InChI=1S/C28H20BrN3O5S2/c29-15-11-12-19(37-14-20(33)30-16-7-3-1-4-8-16)18(13-15)21-22-24(38-25-23(21)39-28(36)31-25)27(35)32(26(22)34)17-9-5-2-6-10-17/h1-13,21-22,24H,14H2,(H,30,33)(H,31,36)/t21-,22-,24+/m0/s1. The molecule has 11 heteroatoms. The molecule has 3 heterocycles. The highest BCUT2D eigenvalue weighted by Crippen LogP contribution is 2.54. The van der Waals surface area contributed by atoms with Crippen LogP contribution in [0.4, 0.5) is 11.4 Å². The number of hydrogen-bond acceptors (Lipinski definition) is 7. The first-order chi connectivity index (χ1) is 18.9. The first-order valence-corrected chi connectivity index (χ1v) is 14.5. The molecule has 8 nitrogen and oxygen atoms in total. The second kappa shape index (κ2) is 10.5. The summed E-state index contributed by atoms with van der Waals surface area (Å²) in [6, 6.07) is 23.2. The largest absolute Gasteiger partial charge is 0.483 e. The number of nitrogens with zero attached hydrogens (tertiary/aromatic N) is 1. The van der Waals surface area contributed by atoms with Crippen LogP contribution in [0.25, 0.3) is 0 Å². The molecule has 3 amide bonds. The number of H-pyrrole nitrogens is 1. The quantitative estimate of drug-likeness (QED) is 0.293. The summed E-state index contributed by atoms with van der Waals surface area (Å²) >= 11 is 5.74. The molecule has 0 bridgehead atoms. The van der Waals surface area contributed by atoms with E-state index in [4.69, 9.17) is 4.74 Å². The van der Waals surface area contributed by atoms with Crippen LogP contribution in [0.1, 0.15) is 16.4 Å². The van der Waals surface area contributed by atoms with E-state index in [1.165, 1.54) is 16.7 Å². The van der Waals surface area contributed by atoms with Gasteiger partial charge < -0.3 is 15.0 Å². The molecule has 2 aliphatic rings. The van der Waals surface area contributed by atoms with Crippen molar-refractivity contribution in [2.75, 3.05) is 16.8 Å². The molecule has 0 aliphatic carbocycles. The number of carbonyl (C=O) groups excluding carboxylic acids is 3. The third-order valence-corrected chi connectivity index (χ3v) is 9.46. The number of fused-ring (bicyclic) bond motifs is 2. The lowest BCUT2D eigenvalue weighted by Crippen LogP contribution is -2.32. The predicted molar refractivity (Wildman–Crippen MR) is 154 cm³/mol. The normalized spacial score (nSPS) is 19.9. The Morgan fingerprint density at radius 1 is 0.974 bits per heavy atom. The van der Waals surface area contributed by atoms with Crippen molar-refractivity contribution in [2.24, 2.45) is 5.92 Å². The summed E-state index contributed by atoms with van der Waals surface area (Å²) in [6.07, 6.45) is 0. The molecule has 0 unspecified atom stereocenters. The molecule has 1 aromatic heterocycles. The SMILES string of the molecule is O=C(COc1ccc(Br)cc1[C@@H]1c2sc(=O)[nH]c2S[C@H]2C(=O)N(c3ccccc3)C(=O)[C@@H]12)Nc1ccccc1. The third kappa shape index (κ3) is 4.81. The highest BCUT2D eigenvalue weighted by atomic mass is 79.9. The maximum absolute atomic E-state index is 13.9. The Kier molecular flexibility index (Phi) is 6.88. The van der Waals surface area contributed by atoms with Crippen LogP contribution in [0.2, 0.25) is 0 Å². The van der Waals surface area contributed by atoms with Crippen molar-refractivity contribution in [3.8, 4) is 5.75 Å². The fourth-order valence-corrected chi connectivity index (χ4v) is 7.82. The summed E-state index contributed by atoms with van der Waals surface area (Å²) in [5.74, 6) is -2.03. The molecule has 1 fully saturated rings. The van der Waals surface area contributed by atoms with E-state index in [0.29, 0.717) is 32.6 Å². The Morgan fingerprint density at radius 2 is 1.69 bits per heavy atom. The number of para-hydroxylation sites is 2. The Labute approximate surface area is 239 Å². The van der Waals surface area contributed by atoms with E-state index in [9.17, 15) is 19.2 Å².